The van der Waals surface area contributed by atoms with Gasteiger partial charge in [-0.05, 0) is 12.0 Å². The maximum atomic E-state index is 12.6. The SMILES string of the molecule is CCC(C)(C)C(=O)N1CC=C[C@H]1c1ccccc1. The van der Waals surface area contributed by atoms with Crippen molar-refractivity contribution in [1.29, 1.82) is 0 Å². The van der Waals surface area contributed by atoms with E-state index in [1.165, 1.54) is 5.56 Å². The van der Waals surface area contributed by atoms with Crippen LogP contribution < -0.4 is 0 Å². The van der Waals surface area contributed by atoms with Gasteiger partial charge in [-0.15, -0.1) is 0 Å². The fourth-order valence-electron chi connectivity index (χ4n) is 2.21. The van der Waals surface area contributed by atoms with Crippen molar-refractivity contribution in [2.45, 2.75) is 33.2 Å². The maximum absolute atomic E-state index is 12.6. The number of benzene rings is 1. The first-order chi connectivity index (χ1) is 8.56. The molecule has 1 amide bonds. The van der Waals surface area contributed by atoms with Crippen molar-refractivity contribution in [1.82, 2.24) is 4.90 Å². The van der Waals surface area contributed by atoms with Crippen molar-refractivity contribution >= 4 is 5.91 Å². The summed E-state index contributed by atoms with van der Waals surface area (Å²) in [6.45, 7) is 6.84. The molecule has 1 atom stereocenters. The van der Waals surface area contributed by atoms with Crippen molar-refractivity contribution in [3.05, 3.63) is 48.0 Å². The first-order valence-electron chi connectivity index (χ1n) is 6.59. The van der Waals surface area contributed by atoms with Crippen LogP contribution in [-0.4, -0.2) is 17.4 Å². The molecule has 1 aromatic rings. The molecule has 0 spiro atoms. The Morgan fingerprint density at radius 2 is 2.00 bits per heavy atom. The number of hydrogen-bond acceptors (Lipinski definition) is 1. The number of nitrogens with zero attached hydrogens (tertiary/aromatic N) is 1. The van der Waals surface area contributed by atoms with Gasteiger partial charge in [-0.2, -0.15) is 0 Å². The first kappa shape index (κ1) is 12.9. The van der Waals surface area contributed by atoms with Crippen LogP contribution in [0, 0.1) is 5.41 Å². The quantitative estimate of drug-likeness (QED) is 0.743. The maximum Gasteiger partial charge on any atom is 0.229 e. The second-order valence-electron chi connectivity index (χ2n) is 5.48. The van der Waals surface area contributed by atoms with Gasteiger partial charge < -0.3 is 4.90 Å². The summed E-state index contributed by atoms with van der Waals surface area (Å²) in [5.74, 6) is 0.240. The zero-order valence-corrected chi connectivity index (χ0v) is 11.4. The molecule has 1 heterocycles. The minimum absolute atomic E-state index is 0.101. The Balaban J connectivity index is 2.23. The molecule has 0 saturated carbocycles. The van der Waals surface area contributed by atoms with Gasteiger partial charge in [0.25, 0.3) is 0 Å². The van der Waals surface area contributed by atoms with Gasteiger partial charge in [0.15, 0.2) is 0 Å². The van der Waals surface area contributed by atoms with Gasteiger partial charge in [0.2, 0.25) is 5.91 Å². The Kier molecular flexibility index (Phi) is 3.55. The molecule has 0 radical (unpaired) electrons. The zero-order chi connectivity index (χ0) is 13.2. The van der Waals surface area contributed by atoms with E-state index in [9.17, 15) is 4.79 Å². The lowest BCUT2D eigenvalue weighted by molar-refractivity contribution is -0.141. The summed E-state index contributed by atoms with van der Waals surface area (Å²) in [4.78, 5) is 14.5. The van der Waals surface area contributed by atoms with Gasteiger partial charge in [-0.3, -0.25) is 4.79 Å². The summed E-state index contributed by atoms with van der Waals surface area (Å²) >= 11 is 0. The van der Waals surface area contributed by atoms with E-state index in [1.54, 1.807) is 0 Å². The average Bonchev–Trinajstić information content (AvgIpc) is 2.87. The van der Waals surface area contributed by atoms with Crippen molar-refractivity contribution in [2.24, 2.45) is 5.41 Å². The van der Waals surface area contributed by atoms with E-state index in [0.717, 1.165) is 13.0 Å². The predicted octanol–water partition coefficient (Wildman–Crippen LogP) is 3.56. The summed E-state index contributed by atoms with van der Waals surface area (Å²) in [6.07, 6.45) is 5.07. The Hall–Kier alpha value is -1.57. The highest BCUT2D eigenvalue weighted by Gasteiger charge is 2.35. The van der Waals surface area contributed by atoms with E-state index < -0.39 is 0 Å². The molecule has 0 aliphatic carbocycles. The zero-order valence-electron chi connectivity index (χ0n) is 11.4. The lowest BCUT2D eigenvalue weighted by Gasteiger charge is -2.32. The highest BCUT2D eigenvalue weighted by Crippen LogP contribution is 2.32. The average molecular weight is 243 g/mol. The van der Waals surface area contributed by atoms with E-state index in [4.69, 9.17) is 0 Å². The van der Waals surface area contributed by atoms with E-state index in [0.29, 0.717) is 0 Å². The molecule has 18 heavy (non-hydrogen) atoms. The molecule has 0 unspecified atom stereocenters. The topological polar surface area (TPSA) is 20.3 Å². The fraction of sp³-hybridized carbons (Fsp3) is 0.438. The smallest absolute Gasteiger partial charge is 0.229 e. The van der Waals surface area contributed by atoms with Crippen LogP contribution in [0.5, 0.6) is 0 Å². The third-order valence-corrected chi connectivity index (χ3v) is 3.82. The largest absolute Gasteiger partial charge is 0.328 e. The monoisotopic (exact) mass is 243 g/mol. The molecule has 0 N–H and O–H groups in total. The van der Waals surface area contributed by atoms with Crippen LogP contribution in [0.25, 0.3) is 0 Å². The molecule has 1 aromatic carbocycles. The van der Waals surface area contributed by atoms with Gasteiger partial charge in [0.05, 0.1) is 6.04 Å². The van der Waals surface area contributed by atoms with Crippen molar-refractivity contribution in [3.8, 4) is 0 Å². The second-order valence-corrected chi connectivity index (χ2v) is 5.48. The highest BCUT2D eigenvalue weighted by atomic mass is 16.2. The van der Waals surface area contributed by atoms with E-state index in [-0.39, 0.29) is 17.4 Å². The van der Waals surface area contributed by atoms with Crippen LogP contribution in [0.2, 0.25) is 0 Å². The van der Waals surface area contributed by atoms with Gasteiger partial charge in [0, 0.05) is 12.0 Å². The molecule has 0 saturated heterocycles. The first-order valence-corrected chi connectivity index (χ1v) is 6.59. The van der Waals surface area contributed by atoms with Crippen LogP contribution in [0.1, 0.15) is 38.8 Å². The van der Waals surface area contributed by atoms with Crippen LogP contribution in [0.15, 0.2) is 42.5 Å². The molecule has 2 heteroatoms. The molecule has 2 rings (SSSR count). The summed E-state index contributed by atoms with van der Waals surface area (Å²) < 4.78 is 0. The third kappa shape index (κ3) is 2.33. The van der Waals surface area contributed by atoms with Crippen molar-refractivity contribution in [3.63, 3.8) is 0 Å². The van der Waals surface area contributed by atoms with Crippen molar-refractivity contribution < 1.29 is 4.79 Å². The van der Waals surface area contributed by atoms with Crippen LogP contribution in [0.4, 0.5) is 0 Å². The standard InChI is InChI=1S/C16H21NO/c1-4-16(2,3)15(18)17-12-8-11-14(17)13-9-6-5-7-10-13/h5-11,14H,4,12H2,1-3H3/t14-/m0/s1. The Bertz CT molecular complexity index is 447. The Labute approximate surface area is 109 Å². The number of carbonyl (C=O) groups is 1. The summed E-state index contributed by atoms with van der Waals surface area (Å²) in [5.41, 5.74) is 0.908. The fourth-order valence-corrected chi connectivity index (χ4v) is 2.21. The summed E-state index contributed by atoms with van der Waals surface area (Å²) in [7, 11) is 0. The normalized spacial score (nSPS) is 19.3. The molecule has 0 aromatic heterocycles. The molecule has 1 aliphatic rings. The second kappa shape index (κ2) is 4.97. The number of hydrogen-bond donors (Lipinski definition) is 0. The molecule has 2 nitrogen and oxygen atoms in total. The van der Waals surface area contributed by atoms with Crippen molar-refractivity contribution in [2.75, 3.05) is 6.54 Å². The Morgan fingerprint density at radius 3 is 2.61 bits per heavy atom. The van der Waals surface area contributed by atoms with Crippen LogP contribution >= 0.6 is 0 Å². The van der Waals surface area contributed by atoms with Crippen LogP contribution in [-0.2, 0) is 4.79 Å². The predicted molar refractivity (Wildman–Crippen MR) is 74.1 cm³/mol. The molecule has 96 valence electrons. The van der Waals surface area contributed by atoms with Gasteiger partial charge in [-0.25, -0.2) is 0 Å². The molecular formula is C16H21NO. The molecule has 0 bridgehead atoms. The third-order valence-electron chi connectivity index (χ3n) is 3.82. The number of carbonyl (C=O) groups excluding carboxylic acids is 1. The Morgan fingerprint density at radius 1 is 1.33 bits per heavy atom. The molecular weight excluding hydrogens is 222 g/mol. The van der Waals surface area contributed by atoms with Gasteiger partial charge in [0.1, 0.15) is 0 Å². The van der Waals surface area contributed by atoms with Crippen LogP contribution in [0.3, 0.4) is 0 Å². The minimum atomic E-state index is -0.279. The number of rotatable bonds is 3. The van der Waals surface area contributed by atoms with Gasteiger partial charge >= 0.3 is 0 Å². The molecule has 0 fully saturated rings. The number of amides is 1. The van der Waals surface area contributed by atoms with E-state index in [1.807, 2.05) is 36.9 Å². The highest BCUT2D eigenvalue weighted by molar-refractivity contribution is 5.83. The van der Waals surface area contributed by atoms with E-state index >= 15 is 0 Å². The molecule has 1 aliphatic heterocycles. The van der Waals surface area contributed by atoms with Gasteiger partial charge in [-0.1, -0.05) is 63.3 Å². The summed E-state index contributed by atoms with van der Waals surface area (Å²) in [5, 5.41) is 0. The lowest BCUT2D eigenvalue weighted by Crippen LogP contribution is -2.40. The summed E-state index contributed by atoms with van der Waals surface area (Å²) in [6, 6.07) is 10.3. The van der Waals surface area contributed by atoms with E-state index in [2.05, 4.69) is 31.2 Å². The lowest BCUT2D eigenvalue weighted by atomic mass is 9.88. The minimum Gasteiger partial charge on any atom is -0.328 e.